The minimum Gasteiger partial charge on any atom is -0.304 e. The van der Waals surface area contributed by atoms with Gasteiger partial charge in [0, 0.05) is 0 Å². The molecule has 5 nitrogen and oxygen atoms in total. The molecule has 0 aromatic heterocycles. The number of carbonyl (C=O) groups is 1. The van der Waals surface area contributed by atoms with Gasteiger partial charge in [-0.05, 0) is 25.5 Å². The van der Waals surface area contributed by atoms with Crippen LogP contribution in [0.25, 0.3) is 0 Å². The molecule has 2 atom stereocenters. The molecule has 0 amide bonds. The van der Waals surface area contributed by atoms with Crippen LogP contribution in [-0.2, 0) is 4.79 Å². The molecule has 0 fully saturated rings. The Bertz CT molecular complexity index is 145. The maximum atomic E-state index is 10.6. The lowest BCUT2D eigenvalue weighted by Gasteiger charge is -2.12. The van der Waals surface area contributed by atoms with Crippen molar-refractivity contribution in [2.24, 2.45) is 11.5 Å². The molecule has 1 unspecified atom stereocenters. The van der Waals surface area contributed by atoms with Crippen molar-refractivity contribution in [3.63, 3.8) is 0 Å². The van der Waals surface area contributed by atoms with Gasteiger partial charge in [0.15, 0.2) is 0 Å². The molecular weight excluding hydrogens is 199 g/mol. The van der Waals surface area contributed by atoms with Gasteiger partial charge in [-0.2, -0.15) is 0 Å². The van der Waals surface area contributed by atoms with Gasteiger partial charge < -0.3 is 16.3 Å². The molecule has 0 aliphatic heterocycles. The molecule has 0 saturated carbocycles. The lowest BCUT2D eigenvalue weighted by atomic mass is 10.2. The van der Waals surface area contributed by atoms with Crippen LogP contribution in [0.1, 0.15) is 19.8 Å². The minimum atomic E-state index is -0.463. The van der Waals surface area contributed by atoms with Crippen LogP contribution in [-0.4, -0.2) is 31.3 Å². The average Bonchev–Trinajstić information content (AvgIpc) is 2.16. The van der Waals surface area contributed by atoms with Gasteiger partial charge in [-0.3, -0.25) is 10.4 Å². The quantitative estimate of drug-likeness (QED) is 0.179. The van der Waals surface area contributed by atoms with Crippen molar-refractivity contribution in [2.75, 3.05) is 12.7 Å². The molecule has 0 aromatic rings. The van der Waals surface area contributed by atoms with Gasteiger partial charge in [0.1, 0.15) is 12.6 Å². The van der Waals surface area contributed by atoms with Gasteiger partial charge in [0.25, 0.3) is 0 Å². The molecule has 0 heterocycles. The fourth-order valence-corrected chi connectivity index (χ4v) is 1.68. The van der Waals surface area contributed by atoms with Gasteiger partial charge in [-0.25, -0.2) is 0 Å². The van der Waals surface area contributed by atoms with Crippen molar-refractivity contribution in [1.29, 1.82) is 0 Å². The first-order chi connectivity index (χ1) is 6.70. The summed E-state index contributed by atoms with van der Waals surface area (Å²) in [5.41, 5.74) is 10.6. The smallest absolute Gasteiger partial charge is 0.137 e. The Morgan fingerprint density at radius 3 is 2.71 bits per heavy atom. The second-order valence-corrected chi connectivity index (χ2v) is 4.39. The first kappa shape index (κ1) is 13.9. The lowest BCUT2D eigenvalue weighted by molar-refractivity contribution is -0.109. The predicted octanol–water partition coefficient (Wildman–Crippen LogP) is -0.672. The van der Waals surface area contributed by atoms with Crippen molar-refractivity contribution in [3.05, 3.63) is 0 Å². The van der Waals surface area contributed by atoms with Crippen LogP contribution in [0.15, 0.2) is 0 Å². The summed E-state index contributed by atoms with van der Waals surface area (Å²) in [6, 6.07) is -0.0240. The summed E-state index contributed by atoms with van der Waals surface area (Å²) in [5, 5.41) is 6.07. The van der Waals surface area contributed by atoms with Gasteiger partial charge in [0.2, 0.25) is 0 Å². The number of aldehydes is 1. The predicted molar refractivity (Wildman–Crippen MR) is 61.2 cm³/mol. The summed E-state index contributed by atoms with van der Waals surface area (Å²) in [7, 11) is 0.658. The summed E-state index contributed by atoms with van der Waals surface area (Å²) in [5.74, 6) is 0. The van der Waals surface area contributed by atoms with E-state index >= 15 is 0 Å². The summed E-state index contributed by atoms with van der Waals surface area (Å²) < 4.78 is 0. The molecular formula is C8H21N4OP. The number of rotatable bonds is 9. The molecule has 0 aliphatic carbocycles. The maximum Gasteiger partial charge on any atom is 0.137 e. The third kappa shape index (κ3) is 8.53. The van der Waals surface area contributed by atoms with E-state index in [1.807, 2.05) is 0 Å². The molecule has 0 saturated heterocycles. The number of hydrogen-bond donors (Lipinski definition) is 4. The van der Waals surface area contributed by atoms with Gasteiger partial charge in [-0.1, -0.05) is 15.7 Å². The fourth-order valence-electron chi connectivity index (χ4n) is 0.998. The second-order valence-electron chi connectivity index (χ2n) is 3.04. The van der Waals surface area contributed by atoms with Crippen LogP contribution in [0.4, 0.5) is 0 Å². The SMILES string of the molecule is CCPN[C@H](C=O)CCCNC(N)N. The maximum absolute atomic E-state index is 10.6. The zero-order valence-electron chi connectivity index (χ0n) is 8.62. The van der Waals surface area contributed by atoms with Gasteiger partial charge >= 0.3 is 0 Å². The number of carbonyl (C=O) groups excluding carboxylic acids is 1. The number of hydrogen-bond acceptors (Lipinski definition) is 5. The largest absolute Gasteiger partial charge is 0.304 e. The third-order valence-electron chi connectivity index (χ3n) is 1.70. The number of nitrogens with two attached hydrogens (primary N) is 2. The van der Waals surface area contributed by atoms with Crippen LogP contribution in [0.5, 0.6) is 0 Å². The van der Waals surface area contributed by atoms with E-state index in [1.54, 1.807) is 0 Å². The summed E-state index contributed by atoms with van der Waals surface area (Å²) in [6.45, 7) is 2.83. The molecule has 84 valence electrons. The minimum absolute atomic E-state index is 0.0240. The Morgan fingerprint density at radius 2 is 2.21 bits per heavy atom. The summed E-state index contributed by atoms with van der Waals surface area (Å²) in [6.07, 6.45) is 3.29. The molecule has 6 heteroatoms. The Labute approximate surface area is 87.2 Å². The monoisotopic (exact) mass is 220 g/mol. The zero-order chi connectivity index (χ0) is 10.8. The van der Waals surface area contributed by atoms with Crippen LogP contribution < -0.4 is 21.9 Å². The first-order valence-electron chi connectivity index (χ1n) is 4.89. The van der Waals surface area contributed by atoms with Crippen molar-refractivity contribution in [3.8, 4) is 0 Å². The molecule has 0 bridgehead atoms. The number of nitrogens with one attached hydrogen (secondary N) is 2. The van der Waals surface area contributed by atoms with Crippen LogP contribution in [0, 0.1) is 0 Å². The molecule has 6 N–H and O–H groups in total. The fraction of sp³-hybridized carbons (Fsp3) is 0.875. The van der Waals surface area contributed by atoms with E-state index < -0.39 is 6.29 Å². The highest BCUT2D eigenvalue weighted by atomic mass is 31.1. The van der Waals surface area contributed by atoms with E-state index in [2.05, 4.69) is 17.3 Å². The van der Waals surface area contributed by atoms with Crippen LogP contribution >= 0.6 is 8.73 Å². The molecule has 0 rings (SSSR count). The summed E-state index contributed by atoms with van der Waals surface area (Å²) in [4.78, 5) is 10.6. The average molecular weight is 220 g/mol. The van der Waals surface area contributed by atoms with E-state index in [9.17, 15) is 4.79 Å². The molecule has 0 spiro atoms. The van der Waals surface area contributed by atoms with Crippen molar-refractivity contribution in [2.45, 2.75) is 32.1 Å². The van der Waals surface area contributed by atoms with E-state index in [-0.39, 0.29) is 6.04 Å². The first-order valence-corrected chi connectivity index (χ1v) is 6.09. The third-order valence-corrected chi connectivity index (χ3v) is 2.63. The molecule has 0 aliphatic rings. The standard InChI is InChI=1S/C8H21N4OP/c1-2-14-12-7(6-13)4-3-5-11-8(9)10/h6-8,11-12,14H,2-5,9-10H2,1H3/t7-/m0/s1. The second kappa shape index (κ2) is 9.49. The Morgan fingerprint density at radius 1 is 1.50 bits per heavy atom. The Balaban J connectivity index is 3.37. The molecule has 14 heavy (non-hydrogen) atoms. The van der Waals surface area contributed by atoms with Crippen molar-refractivity contribution in [1.82, 2.24) is 10.4 Å². The highest BCUT2D eigenvalue weighted by Crippen LogP contribution is 2.05. The van der Waals surface area contributed by atoms with Crippen LogP contribution in [0.3, 0.4) is 0 Å². The topological polar surface area (TPSA) is 93.2 Å². The normalized spacial score (nSPS) is 14.0. The molecule has 0 aromatic carbocycles. The zero-order valence-corrected chi connectivity index (χ0v) is 9.62. The van der Waals surface area contributed by atoms with Gasteiger partial charge in [0.05, 0.1) is 6.04 Å². The van der Waals surface area contributed by atoms with E-state index in [0.717, 1.165) is 31.8 Å². The highest BCUT2D eigenvalue weighted by Gasteiger charge is 2.04. The van der Waals surface area contributed by atoms with E-state index in [0.29, 0.717) is 8.73 Å². The van der Waals surface area contributed by atoms with E-state index in [1.165, 1.54) is 0 Å². The van der Waals surface area contributed by atoms with Crippen LogP contribution in [0.2, 0.25) is 0 Å². The highest BCUT2D eigenvalue weighted by molar-refractivity contribution is 7.35. The lowest BCUT2D eigenvalue weighted by Crippen LogP contribution is -2.45. The Kier molecular flexibility index (Phi) is 9.45. The van der Waals surface area contributed by atoms with Crippen molar-refractivity contribution < 1.29 is 4.79 Å². The van der Waals surface area contributed by atoms with E-state index in [4.69, 9.17) is 11.5 Å². The summed E-state index contributed by atoms with van der Waals surface area (Å²) >= 11 is 0. The Hall–Kier alpha value is -0.0600. The van der Waals surface area contributed by atoms with Gasteiger partial charge in [-0.15, -0.1) is 0 Å². The van der Waals surface area contributed by atoms with Crippen molar-refractivity contribution >= 4 is 15.0 Å². The molecule has 0 radical (unpaired) electrons.